The van der Waals surface area contributed by atoms with Crippen LogP contribution in [0.25, 0.3) is 0 Å². The van der Waals surface area contributed by atoms with Gasteiger partial charge in [0.25, 0.3) is 0 Å². The number of hydrogen-bond donors (Lipinski definition) is 3. The monoisotopic (exact) mass is 334 g/mol. The Bertz CT molecular complexity index is 601. The third kappa shape index (κ3) is 2.65. The quantitative estimate of drug-likeness (QED) is 0.740. The van der Waals surface area contributed by atoms with E-state index in [-0.39, 0.29) is 24.0 Å². The smallest absolute Gasteiger partial charge is 0.0934 e. The van der Waals surface area contributed by atoms with Crippen LogP contribution in [0.15, 0.2) is 34.2 Å². The van der Waals surface area contributed by atoms with Crippen LogP contribution in [-0.4, -0.2) is 34.1 Å². The molecule has 1 heterocycles. The van der Waals surface area contributed by atoms with E-state index in [1.54, 1.807) is 12.5 Å². The van der Waals surface area contributed by atoms with Crippen LogP contribution in [0, 0.1) is 16.7 Å². The molecule has 0 aliphatic heterocycles. The summed E-state index contributed by atoms with van der Waals surface area (Å²) >= 11 is 0. The van der Waals surface area contributed by atoms with Gasteiger partial charge >= 0.3 is 0 Å². The van der Waals surface area contributed by atoms with Crippen molar-refractivity contribution in [2.75, 3.05) is 6.61 Å². The number of aliphatic hydroxyl groups is 3. The predicted molar refractivity (Wildman–Crippen MR) is 92.4 cm³/mol. The minimum absolute atomic E-state index is 0.000746. The van der Waals surface area contributed by atoms with E-state index in [4.69, 9.17) is 4.42 Å². The van der Waals surface area contributed by atoms with E-state index in [2.05, 4.69) is 20.8 Å². The molecule has 0 spiro atoms. The highest BCUT2D eigenvalue weighted by Gasteiger charge is 2.51. The van der Waals surface area contributed by atoms with E-state index >= 15 is 0 Å². The lowest BCUT2D eigenvalue weighted by molar-refractivity contribution is -0.0318. The van der Waals surface area contributed by atoms with Gasteiger partial charge in [0.1, 0.15) is 0 Å². The van der Waals surface area contributed by atoms with Gasteiger partial charge in [-0.3, -0.25) is 0 Å². The third-order valence-corrected chi connectivity index (χ3v) is 6.83. The fourth-order valence-corrected chi connectivity index (χ4v) is 4.85. The SMILES string of the molecule is CC1C(O)CC2=C(CCC(O)C2(C)C)C1(CO)CCc1ccoc1. The van der Waals surface area contributed by atoms with E-state index in [9.17, 15) is 15.3 Å². The summed E-state index contributed by atoms with van der Waals surface area (Å²) in [4.78, 5) is 0. The number of furan rings is 1. The first-order valence-electron chi connectivity index (χ1n) is 9.04. The molecule has 4 unspecified atom stereocenters. The molecule has 0 saturated carbocycles. The third-order valence-electron chi connectivity index (χ3n) is 6.83. The average molecular weight is 334 g/mol. The summed E-state index contributed by atoms with van der Waals surface area (Å²) in [5, 5.41) is 31.6. The Kier molecular flexibility index (Phi) is 4.67. The van der Waals surface area contributed by atoms with Gasteiger partial charge in [0.15, 0.2) is 0 Å². The van der Waals surface area contributed by atoms with Crippen molar-refractivity contribution in [1.82, 2.24) is 0 Å². The summed E-state index contributed by atoms with van der Waals surface area (Å²) in [6, 6.07) is 1.96. The molecule has 0 saturated heterocycles. The summed E-state index contributed by atoms with van der Waals surface area (Å²) in [5.41, 5.74) is 2.80. The van der Waals surface area contributed by atoms with Crippen molar-refractivity contribution in [2.24, 2.45) is 16.7 Å². The van der Waals surface area contributed by atoms with Crippen LogP contribution in [0.2, 0.25) is 0 Å². The molecule has 4 atom stereocenters. The van der Waals surface area contributed by atoms with Crippen molar-refractivity contribution in [1.29, 1.82) is 0 Å². The number of aliphatic hydroxyl groups excluding tert-OH is 3. The van der Waals surface area contributed by atoms with E-state index in [0.29, 0.717) is 6.42 Å². The van der Waals surface area contributed by atoms with Gasteiger partial charge in [-0.25, -0.2) is 0 Å². The summed E-state index contributed by atoms with van der Waals surface area (Å²) in [5.74, 6) is -0.000746. The Morgan fingerprint density at radius 3 is 2.62 bits per heavy atom. The first kappa shape index (κ1) is 17.7. The second kappa shape index (κ2) is 6.32. The summed E-state index contributed by atoms with van der Waals surface area (Å²) in [7, 11) is 0. The Labute approximate surface area is 144 Å². The molecule has 24 heavy (non-hydrogen) atoms. The van der Waals surface area contributed by atoms with Gasteiger partial charge in [0.2, 0.25) is 0 Å². The molecule has 1 aromatic rings. The lowest BCUT2D eigenvalue weighted by Gasteiger charge is -2.53. The first-order chi connectivity index (χ1) is 11.3. The van der Waals surface area contributed by atoms with Gasteiger partial charge < -0.3 is 19.7 Å². The Morgan fingerprint density at radius 2 is 2.00 bits per heavy atom. The fraction of sp³-hybridized carbons (Fsp3) is 0.700. The molecule has 2 aliphatic carbocycles. The van der Waals surface area contributed by atoms with Gasteiger partial charge in [0, 0.05) is 10.8 Å². The molecule has 134 valence electrons. The zero-order chi connectivity index (χ0) is 17.5. The molecule has 0 bridgehead atoms. The summed E-state index contributed by atoms with van der Waals surface area (Å²) in [6.07, 6.45) is 6.29. The maximum absolute atomic E-state index is 10.7. The van der Waals surface area contributed by atoms with Crippen molar-refractivity contribution in [2.45, 2.75) is 65.1 Å². The first-order valence-corrected chi connectivity index (χ1v) is 9.04. The zero-order valence-corrected chi connectivity index (χ0v) is 15.0. The van der Waals surface area contributed by atoms with Crippen LogP contribution in [0.3, 0.4) is 0 Å². The van der Waals surface area contributed by atoms with Crippen LogP contribution in [0.5, 0.6) is 0 Å². The molecule has 3 N–H and O–H groups in total. The van der Waals surface area contributed by atoms with Gasteiger partial charge in [-0.05, 0) is 49.7 Å². The molecule has 4 heteroatoms. The molecule has 4 nitrogen and oxygen atoms in total. The van der Waals surface area contributed by atoms with Crippen molar-refractivity contribution in [3.05, 3.63) is 35.3 Å². The van der Waals surface area contributed by atoms with Crippen molar-refractivity contribution < 1.29 is 19.7 Å². The lowest BCUT2D eigenvalue weighted by atomic mass is 9.53. The maximum atomic E-state index is 10.7. The largest absolute Gasteiger partial charge is 0.472 e. The van der Waals surface area contributed by atoms with Crippen LogP contribution >= 0.6 is 0 Å². The van der Waals surface area contributed by atoms with Gasteiger partial charge in [-0.1, -0.05) is 31.9 Å². The number of hydrogen-bond acceptors (Lipinski definition) is 4. The molecule has 0 aromatic carbocycles. The molecule has 3 rings (SSSR count). The second-order valence-electron chi connectivity index (χ2n) is 8.24. The van der Waals surface area contributed by atoms with Crippen molar-refractivity contribution in [3.8, 4) is 0 Å². The minimum Gasteiger partial charge on any atom is -0.472 e. The molecule has 2 aliphatic rings. The van der Waals surface area contributed by atoms with E-state index in [0.717, 1.165) is 36.8 Å². The Balaban J connectivity index is 2.02. The van der Waals surface area contributed by atoms with Crippen LogP contribution in [-0.2, 0) is 6.42 Å². The second-order valence-corrected chi connectivity index (χ2v) is 8.24. The topological polar surface area (TPSA) is 73.8 Å². The van der Waals surface area contributed by atoms with Gasteiger partial charge in [0.05, 0.1) is 31.3 Å². The highest BCUT2D eigenvalue weighted by atomic mass is 16.3. The van der Waals surface area contributed by atoms with Crippen molar-refractivity contribution in [3.63, 3.8) is 0 Å². The van der Waals surface area contributed by atoms with Gasteiger partial charge in [-0.2, -0.15) is 0 Å². The molecule has 0 radical (unpaired) electrons. The van der Waals surface area contributed by atoms with E-state index in [1.165, 1.54) is 5.57 Å². The Hall–Kier alpha value is -1.10. The molecular formula is C20H30O4. The van der Waals surface area contributed by atoms with Crippen LogP contribution in [0.4, 0.5) is 0 Å². The molecule has 0 fully saturated rings. The fourth-order valence-electron chi connectivity index (χ4n) is 4.85. The number of aryl methyl sites for hydroxylation is 1. The van der Waals surface area contributed by atoms with Gasteiger partial charge in [-0.15, -0.1) is 0 Å². The molecular weight excluding hydrogens is 304 g/mol. The van der Waals surface area contributed by atoms with Crippen LogP contribution in [0.1, 0.15) is 52.0 Å². The summed E-state index contributed by atoms with van der Waals surface area (Å²) < 4.78 is 5.17. The van der Waals surface area contributed by atoms with E-state index < -0.39 is 11.5 Å². The highest BCUT2D eigenvalue weighted by molar-refractivity contribution is 5.36. The normalized spacial score (nSPS) is 35.8. The van der Waals surface area contributed by atoms with Crippen LogP contribution < -0.4 is 0 Å². The zero-order valence-electron chi connectivity index (χ0n) is 15.0. The number of rotatable bonds is 4. The molecule has 0 amide bonds. The van der Waals surface area contributed by atoms with E-state index in [1.807, 2.05) is 6.07 Å². The van der Waals surface area contributed by atoms with Crippen molar-refractivity contribution >= 4 is 0 Å². The highest BCUT2D eigenvalue weighted by Crippen LogP contribution is 2.56. The average Bonchev–Trinajstić information content (AvgIpc) is 3.06. The standard InChI is InChI=1S/C20H30O4/c1-13-17(22)10-16-15(4-5-18(23)19(16,2)3)20(13,12-21)8-6-14-7-9-24-11-14/h7,9,11,13,17-18,21-23H,4-6,8,10,12H2,1-3H3. The predicted octanol–water partition coefficient (Wildman–Crippen LogP) is 3.07. The lowest BCUT2D eigenvalue weighted by Crippen LogP contribution is -2.50. The summed E-state index contributed by atoms with van der Waals surface area (Å²) in [6.45, 7) is 6.21. The maximum Gasteiger partial charge on any atom is 0.0934 e. The molecule has 1 aromatic heterocycles. The Morgan fingerprint density at radius 1 is 1.25 bits per heavy atom. The minimum atomic E-state index is -0.482.